The SMILES string of the molecule is C[NH+](C)[C@@H]1c2cccc3cccc(c23)[C@H]1NS(C)(=O)=O. The first-order valence-corrected chi connectivity index (χ1v) is 8.56. The molecule has 0 saturated heterocycles. The van der Waals surface area contributed by atoms with Gasteiger partial charge in [-0.1, -0.05) is 36.4 Å². The Hall–Kier alpha value is -1.43. The second-order valence-electron chi connectivity index (χ2n) is 5.72. The van der Waals surface area contributed by atoms with Crippen molar-refractivity contribution in [3.05, 3.63) is 47.5 Å². The quantitative estimate of drug-likeness (QED) is 0.871. The summed E-state index contributed by atoms with van der Waals surface area (Å²) in [7, 11) is 0.872. The molecule has 1 aliphatic rings. The number of benzene rings is 2. The Morgan fingerprint density at radius 2 is 1.65 bits per heavy atom. The van der Waals surface area contributed by atoms with E-state index in [0.717, 1.165) is 5.56 Å². The summed E-state index contributed by atoms with van der Waals surface area (Å²) >= 11 is 0. The average molecular weight is 291 g/mol. The monoisotopic (exact) mass is 291 g/mol. The highest BCUT2D eigenvalue weighted by Gasteiger charge is 2.39. The van der Waals surface area contributed by atoms with Gasteiger partial charge in [-0.3, -0.25) is 0 Å². The molecule has 0 spiro atoms. The first kappa shape index (κ1) is 13.5. The smallest absolute Gasteiger partial charge is 0.209 e. The van der Waals surface area contributed by atoms with E-state index in [2.05, 4.69) is 37.0 Å². The van der Waals surface area contributed by atoms with Gasteiger partial charge in [0.25, 0.3) is 0 Å². The molecule has 0 unspecified atom stereocenters. The summed E-state index contributed by atoms with van der Waals surface area (Å²) in [6.07, 6.45) is 1.22. The van der Waals surface area contributed by atoms with Crippen LogP contribution in [0.1, 0.15) is 23.2 Å². The van der Waals surface area contributed by atoms with E-state index in [1.54, 1.807) is 0 Å². The molecule has 2 aromatic rings. The molecule has 106 valence electrons. The number of likely N-dealkylation sites (N-methyl/N-ethyl adjacent to an activating group) is 1. The lowest BCUT2D eigenvalue weighted by Gasteiger charge is -2.25. The second kappa shape index (κ2) is 4.55. The van der Waals surface area contributed by atoms with Crippen molar-refractivity contribution < 1.29 is 13.3 Å². The summed E-state index contributed by atoms with van der Waals surface area (Å²) in [6.45, 7) is 0. The Morgan fingerprint density at radius 1 is 1.05 bits per heavy atom. The molecule has 0 aliphatic heterocycles. The molecular weight excluding hydrogens is 272 g/mol. The van der Waals surface area contributed by atoms with E-state index >= 15 is 0 Å². The average Bonchev–Trinajstić information content (AvgIpc) is 2.64. The maximum Gasteiger partial charge on any atom is 0.209 e. The summed E-state index contributed by atoms with van der Waals surface area (Å²) in [6, 6.07) is 12.2. The molecular formula is C15H19N2O2S+. The van der Waals surface area contributed by atoms with E-state index in [1.165, 1.54) is 27.5 Å². The number of sulfonamides is 1. The van der Waals surface area contributed by atoms with Gasteiger partial charge in [-0.15, -0.1) is 0 Å². The Kier molecular flexibility index (Phi) is 3.08. The Bertz CT molecular complexity index is 763. The van der Waals surface area contributed by atoms with Crippen LogP contribution >= 0.6 is 0 Å². The van der Waals surface area contributed by atoms with Crippen molar-refractivity contribution in [2.75, 3.05) is 20.4 Å². The van der Waals surface area contributed by atoms with Gasteiger partial charge in [0, 0.05) is 5.56 Å². The molecule has 0 aromatic heterocycles. The van der Waals surface area contributed by atoms with Crippen LogP contribution < -0.4 is 9.62 Å². The second-order valence-corrected chi connectivity index (χ2v) is 7.50. The first-order valence-electron chi connectivity index (χ1n) is 6.67. The van der Waals surface area contributed by atoms with Crippen LogP contribution in [0.25, 0.3) is 10.8 Å². The zero-order chi connectivity index (χ0) is 14.5. The molecule has 1 aliphatic carbocycles. The maximum absolute atomic E-state index is 11.7. The van der Waals surface area contributed by atoms with Gasteiger partial charge in [-0.25, -0.2) is 13.1 Å². The fourth-order valence-corrected chi connectivity index (χ4v) is 4.01. The van der Waals surface area contributed by atoms with Crippen LogP contribution in [0.2, 0.25) is 0 Å². The highest BCUT2D eigenvalue weighted by Crippen LogP contribution is 2.42. The molecule has 0 saturated carbocycles. The van der Waals surface area contributed by atoms with Crippen molar-refractivity contribution in [1.82, 2.24) is 4.72 Å². The van der Waals surface area contributed by atoms with Gasteiger partial charge in [-0.05, 0) is 16.3 Å². The number of rotatable bonds is 3. The van der Waals surface area contributed by atoms with E-state index in [0.29, 0.717) is 0 Å². The molecule has 4 nitrogen and oxygen atoms in total. The minimum absolute atomic E-state index is 0.103. The van der Waals surface area contributed by atoms with Crippen LogP contribution in [0.3, 0.4) is 0 Å². The Balaban J connectivity index is 2.24. The van der Waals surface area contributed by atoms with Crippen LogP contribution in [-0.2, 0) is 10.0 Å². The first-order chi connectivity index (χ1) is 9.38. The normalized spacial score (nSPS) is 21.8. The van der Waals surface area contributed by atoms with Crippen molar-refractivity contribution in [2.24, 2.45) is 0 Å². The zero-order valence-corrected chi connectivity index (χ0v) is 12.7. The third-order valence-electron chi connectivity index (χ3n) is 3.94. The van der Waals surface area contributed by atoms with Crippen LogP contribution in [0.15, 0.2) is 36.4 Å². The summed E-state index contributed by atoms with van der Waals surface area (Å²) < 4.78 is 26.2. The zero-order valence-electron chi connectivity index (χ0n) is 11.8. The molecule has 0 heterocycles. The number of nitrogens with one attached hydrogen (secondary N) is 2. The van der Waals surface area contributed by atoms with Gasteiger partial charge in [-0.2, -0.15) is 0 Å². The third-order valence-corrected chi connectivity index (χ3v) is 4.62. The minimum atomic E-state index is -3.25. The number of hydrogen-bond acceptors (Lipinski definition) is 2. The van der Waals surface area contributed by atoms with Crippen LogP contribution in [0, 0.1) is 0 Å². The largest absolute Gasteiger partial charge is 0.332 e. The minimum Gasteiger partial charge on any atom is -0.332 e. The van der Waals surface area contributed by atoms with E-state index in [4.69, 9.17) is 0 Å². The topological polar surface area (TPSA) is 50.6 Å². The molecule has 2 aromatic carbocycles. The van der Waals surface area contributed by atoms with E-state index in [-0.39, 0.29) is 12.1 Å². The number of hydrogen-bond donors (Lipinski definition) is 2. The van der Waals surface area contributed by atoms with Crippen LogP contribution in [0.5, 0.6) is 0 Å². The van der Waals surface area contributed by atoms with Crippen molar-refractivity contribution >= 4 is 20.8 Å². The lowest BCUT2D eigenvalue weighted by Crippen LogP contribution is -3.06. The fourth-order valence-electron chi connectivity index (χ4n) is 3.28. The number of quaternary nitrogens is 1. The summed E-state index contributed by atoms with van der Waals surface area (Å²) in [4.78, 5) is 1.22. The highest BCUT2D eigenvalue weighted by atomic mass is 32.2. The van der Waals surface area contributed by atoms with Gasteiger partial charge in [0.15, 0.2) is 0 Å². The summed E-state index contributed by atoms with van der Waals surface area (Å²) in [5.41, 5.74) is 2.30. The molecule has 0 fully saturated rings. The maximum atomic E-state index is 11.7. The van der Waals surface area contributed by atoms with E-state index < -0.39 is 10.0 Å². The van der Waals surface area contributed by atoms with E-state index in [1.807, 2.05) is 18.2 Å². The highest BCUT2D eigenvalue weighted by molar-refractivity contribution is 7.88. The molecule has 0 radical (unpaired) electrons. The molecule has 0 amide bonds. The molecule has 2 atom stereocenters. The van der Waals surface area contributed by atoms with Crippen molar-refractivity contribution in [3.63, 3.8) is 0 Å². The van der Waals surface area contributed by atoms with Crippen molar-refractivity contribution in [3.8, 4) is 0 Å². The summed E-state index contributed by atoms with van der Waals surface area (Å²) in [5, 5.41) is 2.37. The van der Waals surface area contributed by atoms with E-state index in [9.17, 15) is 8.42 Å². The van der Waals surface area contributed by atoms with Crippen molar-refractivity contribution in [2.45, 2.75) is 12.1 Å². The summed E-state index contributed by atoms with van der Waals surface area (Å²) in [5.74, 6) is 0. The predicted octanol–water partition coefficient (Wildman–Crippen LogP) is 0.629. The van der Waals surface area contributed by atoms with Gasteiger partial charge in [0.1, 0.15) is 12.1 Å². The van der Waals surface area contributed by atoms with Gasteiger partial charge < -0.3 is 4.90 Å². The van der Waals surface area contributed by atoms with Crippen LogP contribution in [-0.4, -0.2) is 28.8 Å². The third kappa shape index (κ3) is 2.12. The molecule has 20 heavy (non-hydrogen) atoms. The molecule has 0 bridgehead atoms. The van der Waals surface area contributed by atoms with Gasteiger partial charge >= 0.3 is 0 Å². The predicted molar refractivity (Wildman–Crippen MR) is 80.2 cm³/mol. The van der Waals surface area contributed by atoms with Crippen molar-refractivity contribution in [1.29, 1.82) is 0 Å². The van der Waals surface area contributed by atoms with Gasteiger partial charge in [0.05, 0.1) is 20.4 Å². The fraction of sp³-hybridized carbons (Fsp3) is 0.333. The molecule has 3 rings (SSSR count). The van der Waals surface area contributed by atoms with Crippen LogP contribution in [0.4, 0.5) is 0 Å². The lowest BCUT2D eigenvalue weighted by molar-refractivity contribution is -0.894. The molecule has 5 heteroatoms. The van der Waals surface area contributed by atoms with Gasteiger partial charge in [0.2, 0.25) is 10.0 Å². The standard InChI is InChI=1S/C15H18N2O2S/c1-17(2)15-12-9-5-7-10-6-4-8-11(13(10)12)14(15)16-20(3,18)19/h4-9,14-16H,1-3H3/p+1/t14-,15-/m1/s1. The lowest BCUT2D eigenvalue weighted by atomic mass is 10.0. The Morgan fingerprint density at radius 3 is 2.20 bits per heavy atom. The Labute approximate surface area is 119 Å². The molecule has 2 N–H and O–H groups in total.